The zero-order valence-corrected chi connectivity index (χ0v) is 7.17. The van der Waals surface area contributed by atoms with Crippen LogP contribution in [0.2, 0.25) is 0 Å². The van der Waals surface area contributed by atoms with Crippen LogP contribution in [0.25, 0.3) is 0 Å². The molecule has 0 radical (unpaired) electrons. The maximum Gasteiger partial charge on any atom is 0.0756 e. The van der Waals surface area contributed by atoms with Crippen molar-refractivity contribution >= 4 is 0 Å². The van der Waals surface area contributed by atoms with Gasteiger partial charge in [-0.15, -0.1) is 0 Å². The van der Waals surface area contributed by atoms with Crippen LogP contribution < -0.4 is 0 Å². The molecule has 0 heterocycles. The van der Waals surface area contributed by atoms with Gasteiger partial charge in [0.2, 0.25) is 0 Å². The van der Waals surface area contributed by atoms with Crippen LogP contribution in [-0.2, 0) is 0 Å². The lowest BCUT2D eigenvalue weighted by Crippen LogP contribution is -2.21. The summed E-state index contributed by atoms with van der Waals surface area (Å²) in [5.41, 5.74) is 0.841. The molecule has 1 aliphatic rings. The maximum atomic E-state index is 9.48. The van der Waals surface area contributed by atoms with E-state index in [2.05, 4.69) is 0 Å². The van der Waals surface area contributed by atoms with Crippen LogP contribution in [0.4, 0.5) is 0 Å². The average Bonchev–Trinajstić information content (AvgIpc) is 2.29. The fraction of sp³-hybridized carbons (Fsp3) is 0.778. The van der Waals surface area contributed by atoms with E-state index in [9.17, 15) is 5.11 Å². The van der Waals surface area contributed by atoms with E-state index >= 15 is 0 Å². The summed E-state index contributed by atoms with van der Waals surface area (Å²) in [7, 11) is 0. The highest BCUT2D eigenvalue weighted by atomic mass is 16.3. The quantitative estimate of drug-likeness (QED) is 0.558. The summed E-state index contributed by atoms with van der Waals surface area (Å²) in [6.07, 6.45) is 3.28. The SMILES string of the molecule is C/C=C1/C(O)CCC1(C)CO. The van der Waals surface area contributed by atoms with Crippen molar-refractivity contribution in [1.29, 1.82) is 0 Å². The molecule has 0 saturated heterocycles. The Morgan fingerprint density at radius 1 is 1.73 bits per heavy atom. The third-order valence-electron chi connectivity index (χ3n) is 2.69. The van der Waals surface area contributed by atoms with Gasteiger partial charge in [-0.1, -0.05) is 13.0 Å². The minimum atomic E-state index is -0.322. The first kappa shape index (κ1) is 8.75. The third-order valence-corrected chi connectivity index (χ3v) is 2.69. The predicted octanol–water partition coefficient (Wildman–Crippen LogP) is 1.09. The van der Waals surface area contributed by atoms with Gasteiger partial charge in [-0.2, -0.15) is 0 Å². The van der Waals surface area contributed by atoms with Crippen molar-refractivity contribution < 1.29 is 10.2 Å². The average molecular weight is 156 g/mol. The maximum absolute atomic E-state index is 9.48. The van der Waals surface area contributed by atoms with E-state index < -0.39 is 0 Å². The molecule has 1 rings (SSSR count). The number of rotatable bonds is 1. The molecule has 2 unspecified atom stereocenters. The molecular weight excluding hydrogens is 140 g/mol. The first-order valence-corrected chi connectivity index (χ1v) is 4.09. The van der Waals surface area contributed by atoms with Crippen molar-refractivity contribution in [2.45, 2.75) is 32.8 Å². The molecule has 1 saturated carbocycles. The number of allylic oxidation sites excluding steroid dienone is 1. The minimum absolute atomic E-state index is 0.143. The molecule has 0 aromatic heterocycles. The lowest BCUT2D eigenvalue weighted by atomic mass is 9.85. The highest BCUT2D eigenvalue weighted by Gasteiger charge is 2.38. The van der Waals surface area contributed by atoms with E-state index in [1.54, 1.807) is 0 Å². The summed E-state index contributed by atoms with van der Waals surface area (Å²) >= 11 is 0. The third kappa shape index (κ3) is 1.33. The molecule has 2 atom stereocenters. The Bertz CT molecular complexity index is 174. The van der Waals surface area contributed by atoms with Crippen LogP contribution in [0.1, 0.15) is 26.7 Å². The van der Waals surface area contributed by atoms with Crippen molar-refractivity contribution in [2.24, 2.45) is 5.41 Å². The summed E-state index contributed by atoms with van der Waals surface area (Å²) in [6, 6.07) is 0. The topological polar surface area (TPSA) is 40.5 Å². The van der Waals surface area contributed by atoms with Crippen molar-refractivity contribution in [3.05, 3.63) is 11.6 Å². The first-order valence-electron chi connectivity index (χ1n) is 4.09. The van der Waals surface area contributed by atoms with Gasteiger partial charge < -0.3 is 10.2 Å². The van der Waals surface area contributed by atoms with Gasteiger partial charge in [0.05, 0.1) is 12.7 Å². The number of hydrogen-bond acceptors (Lipinski definition) is 2. The zero-order chi connectivity index (χ0) is 8.48. The predicted molar refractivity (Wildman–Crippen MR) is 44.2 cm³/mol. The molecule has 2 heteroatoms. The summed E-state index contributed by atoms with van der Waals surface area (Å²) in [4.78, 5) is 0. The van der Waals surface area contributed by atoms with E-state index in [-0.39, 0.29) is 18.1 Å². The molecule has 0 spiro atoms. The van der Waals surface area contributed by atoms with E-state index in [4.69, 9.17) is 5.11 Å². The first-order chi connectivity index (χ1) is 5.14. The zero-order valence-electron chi connectivity index (χ0n) is 7.17. The molecule has 1 aliphatic carbocycles. The van der Waals surface area contributed by atoms with Gasteiger partial charge in [0, 0.05) is 5.41 Å². The summed E-state index contributed by atoms with van der Waals surface area (Å²) in [5.74, 6) is 0. The summed E-state index contributed by atoms with van der Waals surface area (Å²) < 4.78 is 0. The Balaban J connectivity index is 2.85. The molecule has 2 N–H and O–H groups in total. The van der Waals surface area contributed by atoms with Crippen LogP contribution in [-0.4, -0.2) is 22.9 Å². The number of aliphatic hydroxyl groups is 2. The van der Waals surface area contributed by atoms with Crippen LogP contribution >= 0.6 is 0 Å². The molecule has 0 aliphatic heterocycles. The van der Waals surface area contributed by atoms with Gasteiger partial charge in [-0.25, -0.2) is 0 Å². The highest BCUT2D eigenvalue weighted by Crippen LogP contribution is 2.41. The molecule has 11 heavy (non-hydrogen) atoms. The van der Waals surface area contributed by atoms with Gasteiger partial charge in [0.15, 0.2) is 0 Å². The van der Waals surface area contributed by atoms with Crippen LogP contribution in [0.15, 0.2) is 11.6 Å². The monoisotopic (exact) mass is 156 g/mol. The number of hydrogen-bond donors (Lipinski definition) is 2. The Morgan fingerprint density at radius 2 is 2.36 bits per heavy atom. The lowest BCUT2D eigenvalue weighted by molar-refractivity contribution is 0.171. The van der Waals surface area contributed by atoms with E-state index in [0.717, 1.165) is 18.4 Å². The second-order valence-corrected chi connectivity index (χ2v) is 3.52. The molecule has 0 aromatic carbocycles. The van der Waals surface area contributed by atoms with Crippen molar-refractivity contribution in [3.63, 3.8) is 0 Å². The Labute approximate surface area is 67.6 Å². The Morgan fingerprint density at radius 3 is 2.73 bits per heavy atom. The van der Waals surface area contributed by atoms with Gasteiger partial charge in [0.25, 0.3) is 0 Å². The molecule has 0 bridgehead atoms. The van der Waals surface area contributed by atoms with Gasteiger partial charge in [-0.05, 0) is 25.3 Å². The molecule has 2 nitrogen and oxygen atoms in total. The van der Waals surface area contributed by atoms with Gasteiger partial charge >= 0.3 is 0 Å². The van der Waals surface area contributed by atoms with Crippen LogP contribution in [0, 0.1) is 5.41 Å². The standard InChI is InChI=1S/C9H16O2/c1-3-7-8(11)4-5-9(7,2)6-10/h3,8,10-11H,4-6H2,1-2H3/b7-3-. The summed E-state index contributed by atoms with van der Waals surface area (Å²) in [6.45, 7) is 4.06. The number of aliphatic hydroxyl groups excluding tert-OH is 2. The summed E-state index contributed by atoms with van der Waals surface area (Å²) in [5, 5.41) is 18.6. The van der Waals surface area contributed by atoms with E-state index in [0.29, 0.717) is 0 Å². The minimum Gasteiger partial charge on any atom is -0.395 e. The normalized spacial score (nSPS) is 41.8. The fourth-order valence-corrected chi connectivity index (χ4v) is 1.87. The Hall–Kier alpha value is -0.340. The molecule has 1 fully saturated rings. The van der Waals surface area contributed by atoms with Crippen LogP contribution in [0.3, 0.4) is 0 Å². The lowest BCUT2D eigenvalue weighted by Gasteiger charge is -2.23. The molecule has 0 amide bonds. The fourth-order valence-electron chi connectivity index (χ4n) is 1.87. The van der Waals surface area contributed by atoms with E-state index in [1.165, 1.54) is 0 Å². The second-order valence-electron chi connectivity index (χ2n) is 3.52. The molecule has 64 valence electrons. The van der Waals surface area contributed by atoms with Crippen molar-refractivity contribution in [1.82, 2.24) is 0 Å². The largest absolute Gasteiger partial charge is 0.395 e. The smallest absolute Gasteiger partial charge is 0.0756 e. The van der Waals surface area contributed by atoms with Crippen molar-refractivity contribution in [3.8, 4) is 0 Å². The van der Waals surface area contributed by atoms with Gasteiger partial charge in [-0.3, -0.25) is 0 Å². The highest BCUT2D eigenvalue weighted by molar-refractivity contribution is 5.22. The second kappa shape index (κ2) is 2.95. The molecular formula is C9H16O2. The van der Waals surface area contributed by atoms with E-state index in [1.807, 2.05) is 19.9 Å². The Kier molecular flexibility index (Phi) is 2.35. The van der Waals surface area contributed by atoms with Crippen molar-refractivity contribution in [2.75, 3.05) is 6.61 Å². The van der Waals surface area contributed by atoms with Crippen LogP contribution in [0.5, 0.6) is 0 Å². The molecule has 0 aromatic rings. The van der Waals surface area contributed by atoms with Gasteiger partial charge in [0.1, 0.15) is 0 Å².